The van der Waals surface area contributed by atoms with Crippen molar-refractivity contribution in [1.29, 1.82) is 0 Å². The number of piperidine rings is 1. The Balaban J connectivity index is 0.00000220. The number of carbonyl (C=O) groups is 1. The van der Waals surface area contributed by atoms with Gasteiger partial charge < -0.3 is 10.6 Å². The zero-order chi connectivity index (χ0) is 14.5. The highest BCUT2D eigenvalue weighted by Crippen LogP contribution is 2.22. The molecule has 2 N–H and O–H groups in total. The van der Waals surface area contributed by atoms with Gasteiger partial charge in [0, 0.05) is 25.6 Å². The van der Waals surface area contributed by atoms with E-state index < -0.39 is 0 Å². The van der Waals surface area contributed by atoms with Crippen molar-refractivity contribution in [3.8, 4) is 0 Å². The van der Waals surface area contributed by atoms with Crippen molar-refractivity contribution in [2.24, 2.45) is 11.7 Å². The Morgan fingerprint density at radius 3 is 2.67 bits per heavy atom. The minimum Gasteiger partial charge on any atom is -0.343 e. The predicted octanol–water partition coefficient (Wildman–Crippen LogP) is 2.77. The maximum Gasteiger partial charge on any atom is 0.224 e. The minimum atomic E-state index is -0.174. The first-order valence-corrected chi connectivity index (χ1v) is 7.32. The number of rotatable bonds is 4. The molecule has 118 valence electrons. The molecule has 1 saturated heterocycles. The Bertz CT molecular complexity index is 459. The molecule has 1 aromatic carbocycles. The summed E-state index contributed by atoms with van der Waals surface area (Å²) in [5, 5.41) is 0. The summed E-state index contributed by atoms with van der Waals surface area (Å²) in [6, 6.07) is 6.72. The third-order valence-electron chi connectivity index (χ3n) is 3.88. The van der Waals surface area contributed by atoms with Crippen molar-refractivity contribution in [1.82, 2.24) is 4.90 Å². The summed E-state index contributed by atoms with van der Waals surface area (Å²) in [6.45, 7) is 3.45. The Labute approximate surface area is 132 Å². The smallest absolute Gasteiger partial charge is 0.224 e. The zero-order valence-electron chi connectivity index (χ0n) is 12.4. The molecule has 1 atom stereocenters. The van der Waals surface area contributed by atoms with Gasteiger partial charge in [0.25, 0.3) is 0 Å². The van der Waals surface area contributed by atoms with E-state index in [0.29, 0.717) is 12.3 Å². The topological polar surface area (TPSA) is 46.3 Å². The van der Waals surface area contributed by atoms with Crippen molar-refractivity contribution in [3.05, 3.63) is 35.6 Å². The minimum absolute atomic E-state index is 0. The van der Waals surface area contributed by atoms with Crippen LogP contribution in [0.4, 0.5) is 4.39 Å². The van der Waals surface area contributed by atoms with Gasteiger partial charge in [-0.05, 0) is 49.8 Å². The molecule has 1 aromatic rings. The number of hydrogen-bond donors (Lipinski definition) is 1. The van der Waals surface area contributed by atoms with Crippen LogP contribution in [-0.4, -0.2) is 29.9 Å². The van der Waals surface area contributed by atoms with Crippen LogP contribution in [0.2, 0.25) is 0 Å². The number of nitrogens with zero attached hydrogens (tertiary/aromatic N) is 1. The molecule has 0 radical (unpaired) electrons. The molecule has 21 heavy (non-hydrogen) atoms. The van der Waals surface area contributed by atoms with Crippen LogP contribution < -0.4 is 5.73 Å². The molecule has 0 aliphatic carbocycles. The molecule has 0 aromatic heterocycles. The van der Waals surface area contributed by atoms with Crippen LogP contribution in [-0.2, 0) is 11.2 Å². The fourth-order valence-electron chi connectivity index (χ4n) is 2.79. The molecule has 1 unspecified atom stereocenters. The number of carbonyl (C=O) groups excluding carboxylic acids is 1. The number of hydrogen-bond acceptors (Lipinski definition) is 2. The quantitative estimate of drug-likeness (QED) is 0.929. The fraction of sp³-hybridized carbons (Fsp3) is 0.562. The molecular weight excluding hydrogens is 291 g/mol. The van der Waals surface area contributed by atoms with Crippen LogP contribution in [0.25, 0.3) is 0 Å². The van der Waals surface area contributed by atoms with Crippen LogP contribution in [0, 0.1) is 11.7 Å². The van der Waals surface area contributed by atoms with E-state index in [2.05, 4.69) is 0 Å². The fourth-order valence-corrected chi connectivity index (χ4v) is 2.79. The van der Waals surface area contributed by atoms with Gasteiger partial charge >= 0.3 is 0 Å². The molecule has 0 bridgehead atoms. The van der Waals surface area contributed by atoms with Gasteiger partial charge in [0.05, 0.1) is 0 Å². The zero-order valence-corrected chi connectivity index (χ0v) is 13.2. The summed E-state index contributed by atoms with van der Waals surface area (Å²) in [6.07, 6.45) is 3.30. The highest BCUT2D eigenvalue weighted by Gasteiger charge is 2.23. The van der Waals surface area contributed by atoms with Crippen LogP contribution in [0.15, 0.2) is 24.3 Å². The molecule has 1 aliphatic rings. The maximum atomic E-state index is 13.1. The summed E-state index contributed by atoms with van der Waals surface area (Å²) >= 11 is 0. The molecular formula is C16H24ClFN2O. The van der Waals surface area contributed by atoms with E-state index in [-0.39, 0.29) is 30.2 Å². The number of benzene rings is 1. The van der Waals surface area contributed by atoms with E-state index in [1.165, 1.54) is 6.07 Å². The van der Waals surface area contributed by atoms with Gasteiger partial charge in [-0.3, -0.25) is 4.79 Å². The van der Waals surface area contributed by atoms with Crippen molar-refractivity contribution in [3.63, 3.8) is 0 Å². The standard InChI is InChI=1S/C16H23FN2O.ClH/c1-12(18)9-16(20)19-7-5-13(6-8-19)10-14-3-2-4-15(17)11-14;/h2-4,11-13H,5-10,18H2,1H3;1H. The van der Waals surface area contributed by atoms with E-state index in [9.17, 15) is 9.18 Å². The number of halogens is 2. The van der Waals surface area contributed by atoms with Gasteiger partial charge in [0.2, 0.25) is 5.91 Å². The first kappa shape index (κ1) is 17.9. The Kier molecular flexibility index (Phi) is 7.12. The lowest BCUT2D eigenvalue weighted by molar-refractivity contribution is -0.132. The second-order valence-corrected chi connectivity index (χ2v) is 5.84. The summed E-state index contributed by atoms with van der Waals surface area (Å²) in [4.78, 5) is 13.8. The average molecular weight is 315 g/mol. The van der Waals surface area contributed by atoms with Gasteiger partial charge in [-0.1, -0.05) is 12.1 Å². The van der Waals surface area contributed by atoms with E-state index in [0.717, 1.165) is 37.9 Å². The molecule has 1 heterocycles. The lowest BCUT2D eigenvalue weighted by Crippen LogP contribution is -2.40. The third-order valence-corrected chi connectivity index (χ3v) is 3.88. The molecule has 1 aliphatic heterocycles. The van der Waals surface area contributed by atoms with Crippen LogP contribution in [0.3, 0.4) is 0 Å². The third kappa shape index (κ3) is 5.64. The molecule has 0 spiro atoms. The lowest BCUT2D eigenvalue weighted by atomic mass is 9.90. The first-order chi connectivity index (χ1) is 9.54. The van der Waals surface area contributed by atoms with Crippen LogP contribution >= 0.6 is 12.4 Å². The monoisotopic (exact) mass is 314 g/mol. The van der Waals surface area contributed by atoms with E-state index >= 15 is 0 Å². The van der Waals surface area contributed by atoms with Gasteiger partial charge in [0.15, 0.2) is 0 Å². The molecule has 5 heteroatoms. The van der Waals surface area contributed by atoms with Crippen molar-refractivity contribution >= 4 is 18.3 Å². The lowest BCUT2D eigenvalue weighted by Gasteiger charge is -2.32. The van der Waals surface area contributed by atoms with E-state index in [4.69, 9.17) is 5.73 Å². The largest absolute Gasteiger partial charge is 0.343 e. The van der Waals surface area contributed by atoms with Gasteiger partial charge in [-0.15, -0.1) is 12.4 Å². The molecule has 1 amide bonds. The van der Waals surface area contributed by atoms with Gasteiger partial charge in [0.1, 0.15) is 5.82 Å². The predicted molar refractivity (Wildman–Crippen MR) is 84.9 cm³/mol. The van der Waals surface area contributed by atoms with Gasteiger partial charge in [-0.25, -0.2) is 4.39 Å². The van der Waals surface area contributed by atoms with Crippen molar-refractivity contribution < 1.29 is 9.18 Å². The Hall–Kier alpha value is -1.13. The average Bonchev–Trinajstić information content (AvgIpc) is 2.38. The summed E-state index contributed by atoms with van der Waals surface area (Å²) < 4.78 is 13.1. The molecule has 1 fully saturated rings. The van der Waals surface area contributed by atoms with Gasteiger partial charge in [-0.2, -0.15) is 0 Å². The molecule has 3 nitrogen and oxygen atoms in total. The van der Waals surface area contributed by atoms with Crippen molar-refractivity contribution in [2.75, 3.05) is 13.1 Å². The normalized spacial score (nSPS) is 17.2. The van der Waals surface area contributed by atoms with Crippen LogP contribution in [0.1, 0.15) is 31.7 Å². The Morgan fingerprint density at radius 1 is 1.43 bits per heavy atom. The summed E-state index contributed by atoms with van der Waals surface area (Å²) in [5.74, 6) is 0.521. The molecule has 0 saturated carbocycles. The molecule has 2 rings (SSSR count). The SMILES string of the molecule is CC(N)CC(=O)N1CCC(Cc2cccc(F)c2)CC1.Cl. The highest BCUT2D eigenvalue weighted by molar-refractivity contribution is 5.85. The summed E-state index contributed by atoms with van der Waals surface area (Å²) in [5.41, 5.74) is 6.71. The van der Waals surface area contributed by atoms with Crippen molar-refractivity contribution in [2.45, 2.75) is 38.6 Å². The Morgan fingerprint density at radius 2 is 2.10 bits per heavy atom. The first-order valence-electron chi connectivity index (χ1n) is 7.32. The number of amides is 1. The highest BCUT2D eigenvalue weighted by atomic mass is 35.5. The maximum absolute atomic E-state index is 13.1. The number of likely N-dealkylation sites (tertiary alicyclic amines) is 1. The summed E-state index contributed by atoms with van der Waals surface area (Å²) in [7, 11) is 0. The second kappa shape index (κ2) is 8.35. The van der Waals surface area contributed by atoms with E-state index in [1.807, 2.05) is 17.9 Å². The van der Waals surface area contributed by atoms with Crippen LogP contribution in [0.5, 0.6) is 0 Å². The van der Waals surface area contributed by atoms with E-state index in [1.54, 1.807) is 12.1 Å². The number of nitrogens with two attached hydrogens (primary N) is 1. The second-order valence-electron chi connectivity index (χ2n) is 5.84.